The molecule has 0 aliphatic heterocycles. The van der Waals surface area contributed by atoms with Crippen molar-refractivity contribution >= 4 is 5.97 Å². The van der Waals surface area contributed by atoms with Crippen LogP contribution in [0.2, 0.25) is 0 Å². The number of rotatable bonds is 4. The molecule has 1 aromatic rings. The predicted octanol–water partition coefficient (Wildman–Crippen LogP) is 3.02. The third kappa shape index (κ3) is 4.11. The lowest BCUT2D eigenvalue weighted by atomic mass is 10.0. The zero-order valence-electron chi connectivity index (χ0n) is 10.7. The minimum absolute atomic E-state index is 0.0201. The maximum Gasteiger partial charge on any atom is 0.419 e. The van der Waals surface area contributed by atoms with Gasteiger partial charge in [-0.2, -0.15) is 18.4 Å². The molecule has 0 aromatic carbocycles. The molecule has 21 heavy (non-hydrogen) atoms. The van der Waals surface area contributed by atoms with E-state index >= 15 is 0 Å². The van der Waals surface area contributed by atoms with Crippen LogP contribution in [0.3, 0.4) is 0 Å². The van der Waals surface area contributed by atoms with Crippen LogP contribution in [0.1, 0.15) is 35.9 Å². The normalized spacial score (nSPS) is 11.3. The van der Waals surface area contributed by atoms with Crippen LogP contribution >= 0.6 is 0 Å². The van der Waals surface area contributed by atoms with Gasteiger partial charge in [0, 0.05) is 5.56 Å². The van der Waals surface area contributed by atoms with Crippen molar-refractivity contribution in [2.45, 2.75) is 25.9 Å². The number of hydrogen-bond acceptors (Lipinski definition) is 4. The number of alkyl halides is 5. The number of nitriles is 1. The van der Waals surface area contributed by atoms with E-state index in [4.69, 9.17) is 5.26 Å². The van der Waals surface area contributed by atoms with Crippen LogP contribution in [0.4, 0.5) is 22.0 Å². The highest BCUT2D eigenvalue weighted by Crippen LogP contribution is 2.38. The van der Waals surface area contributed by atoms with Gasteiger partial charge in [0.15, 0.2) is 5.69 Å². The number of halogens is 5. The Bertz CT molecular complexity index is 578. The molecule has 0 unspecified atom stereocenters. The van der Waals surface area contributed by atoms with Gasteiger partial charge in [-0.3, -0.25) is 4.79 Å². The maximum absolute atomic E-state index is 12.8. The highest BCUT2D eigenvalue weighted by Gasteiger charge is 2.40. The molecule has 114 valence electrons. The van der Waals surface area contributed by atoms with Crippen molar-refractivity contribution in [1.29, 1.82) is 5.26 Å². The first kappa shape index (κ1) is 16.8. The van der Waals surface area contributed by atoms with Gasteiger partial charge in [-0.1, -0.05) is 0 Å². The van der Waals surface area contributed by atoms with Gasteiger partial charge in [0.05, 0.1) is 18.7 Å². The zero-order chi connectivity index (χ0) is 16.2. The van der Waals surface area contributed by atoms with Crippen LogP contribution in [-0.4, -0.2) is 17.6 Å². The SMILES string of the molecule is CCOC(=O)Cc1cc(C(F)F)c(C(F)(F)F)c(C#N)n1. The summed E-state index contributed by atoms with van der Waals surface area (Å²) in [6.45, 7) is 1.52. The Balaban J connectivity index is 3.38. The molecule has 0 radical (unpaired) electrons. The second-order valence-corrected chi connectivity index (χ2v) is 3.82. The van der Waals surface area contributed by atoms with E-state index in [0.717, 1.165) is 6.07 Å². The van der Waals surface area contributed by atoms with Crippen molar-refractivity contribution in [2.75, 3.05) is 6.61 Å². The van der Waals surface area contributed by atoms with Gasteiger partial charge in [-0.15, -0.1) is 0 Å². The van der Waals surface area contributed by atoms with Gasteiger partial charge >= 0.3 is 12.1 Å². The van der Waals surface area contributed by atoms with Crippen LogP contribution in [0.5, 0.6) is 0 Å². The van der Waals surface area contributed by atoms with E-state index in [1.54, 1.807) is 0 Å². The van der Waals surface area contributed by atoms with E-state index in [0.29, 0.717) is 6.07 Å². The molecule has 1 aromatic heterocycles. The van der Waals surface area contributed by atoms with Crippen molar-refractivity contribution in [2.24, 2.45) is 0 Å². The minimum Gasteiger partial charge on any atom is -0.466 e. The summed E-state index contributed by atoms with van der Waals surface area (Å²) in [7, 11) is 0. The van der Waals surface area contributed by atoms with Crippen molar-refractivity contribution in [3.8, 4) is 6.07 Å². The van der Waals surface area contributed by atoms with Crippen LogP contribution < -0.4 is 0 Å². The number of carbonyl (C=O) groups is 1. The molecule has 4 nitrogen and oxygen atoms in total. The lowest BCUT2D eigenvalue weighted by Gasteiger charge is -2.14. The van der Waals surface area contributed by atoms with E-state index in [2.05, 4.69) is 9.72 Å². The standard InChI is InChI=1S/C12H9F5N2O2/c1-2-21-9(20)4-6-3-7(11(13)14)10(12(15,16)17)8(5-18)19-6/h3,11H,2,4H2,1H3. The summed E-state index contributed by atoms with van der Waals surface area (Å²) < 4.78 is 68.4. The van der Waals surface area contributed by atoms with Gasteiger partial charge in [-0.05, 0) is 13.0 Å². The van der Waals surface area contributed by atoms with E-state index in [1.165, 1.54) is 6.92 Å². The Morgan fingerprint density at radius 1 is 1.48 bits per heavy atom. The number of hydrogen-bond donors (Lipinski definition) is 0. The maximum atomic E-state index is 12.8. The molecule has 9 heteroatoms. The topological polar surface area (TPSA) is 63.0 Å². The molecular weight excluding hydrogens is 299 g/mol. The Hall–Kier alpha value is -2.24. The molecular formula is C12H9F5N2O2. The van der Waals surface area contributed by atoms with Crippen molar-refractivity contribution < 1.29 is 31.5 Å². The zero-order valence-corrected chi connectivity index (χ0v) is 10.7. The monoisotopic (exact) mass is 308 g/mol. The van der Waals surface area contributed by atoms with Gasteiger partial charge in [-0.25, -0.2) is 13.8 Å². The van der Waals surface area contributed by atoms with Crippen molar-refractivity contribution in [1.82, 2.24) is 4.98 Å². The summed E-state index contributed by atoms with van der Waals surface area (Å²) in [6, 6.07) is 1.59. The van der Waals surface area contributed by atoms with Crippen LogP contribution in [0.15, 0.2) is 6.07 Å². The highest BCUT2D eigenvalue weighted by atomic mass is 19.4. The van der Waals surface area contributed by atoms with E-state index < -0.39 is 41.8 Å². The second-order valence-electron chi connectivity index (χ2n) is 3.82. The summed E-state index contributed by atoms with van der Waals surface area (Å²) in [5, 5.41) is 8.68. The molecule has 0 N–H and O–H groups in total. The largest absolute Gasteiger partial charge is 0.466 e. The number of esters is 1. The fourth-order valence-corrected chi connectivity index (χ4v) is 1.62. The first-order valence-electron chi connectivity index (χ1n) is 5.65. The quantitative estimate of drug-likeness (QED) is 0.633. The van der Waals surface area contributed by atoms with Gasteiger partial charge < -0.3 is 4.74 Å². The van der Waals surface area contributed by atoms with Crippen molar-refractivity contribution in [3.05, 3.63) is 28.6 Å². The minimum atomic E-state index is -5.15. The molecule has 0 amide bonds. The summed E-state index contributed by atoms with van der Waals surface area (Å²) >= 11 is 0. The fourth-order valence-electron chi connectivity index (χ4n) is 1.62. The molecule has 0 atom stereocenters. The number of pyridine rings is 1. The van der Waals surface area contributed by atoms with Gasteiger partial charge in [0.25, 0.3) is 6.43 Å². The molecule has 0 saturated heterocycles. The summed E-state index contributed by atoms with van der Waals surface area (Å²) in [5.41, 5.74) is -4.74. The predicted molar refractivity (Wildman–Crippen MR) is 59.2 cm³/mol. The third-order valence-electron chi connectivity index (χ3n) is 2.36. The van der Waals surface area contributed by atoms with Crippen molar-refractivity contribution in [3.63, 3.8) is 0 Å². The lowest BCUT2D eigenvalue weighted by molar-refractivity contribution is -0.142. The second kappa shape index (κ2) is 6.47. The first-order chi connectivity index (χ1) is 9.70. The number of ether oxygens (including phenoxy) is 1. The third-order valence-corrected chi connectivity index (χ3v) is 2.36. The molecule has 0 fully saturated rings. The van der Waals surface area contributed by atoms with Gasteiger partial charge in [0.1, 0.15) is 11.6 Å². The highest BCUT2D eigenvalue weighted by molar-refractivity contribution is 5.72. The Morgan fingerprint density at radius 3 is 2.52 bits per heavy atom. The number of nitrogens with zero attached hydrogens (tertiary/aromatic N) is 2. The van der Waals surface area contributed by atoms with E-state index in [-0.39, 0.29) is 12.3 Å². The molecule has 0 aliphatic rings. The molecule has 0 saturated carbocycles. The van der Waals surface area contributed by atoms with Gasteiger partial charge in [0.2, 0.25) is 0 Å². The Morgan fingerprint density at radius 2 is 2.10 bits per heavy atom. The summed E-state index contributed by atoms with van der Waals surface area (Å²) in [4.78, 5) is 14.5. The van der Waals surface area contributed by atoms with Crippen LogP contribution in [-0.2, 0) is 22.1 Å². The molecule has 0 spiro atoms. The Kier molecular flexibility index (Phi) is 5.18. The average molecular weight is 308 g/mol. The smallest absolute Gasteiger partial charge is 0.419 e. The molecule has 1 heterocycles. The van der Waals surface area contributed by atoms with E-state index in [1.807, 2.05) is 0 Å². The molecule has 1 rings (SSSR count). The Labute approximate surface area is 116 Å². The number of carbonyl (C=O) groups excluding carboxylic acids is 1. The van der Waals surface area contributed by atoms with E-state index in [9.17, 15) is 26.7 Å². The molecule has 0 bridgehead atoms. The average Bonchev–Trinajstić information content (AvgIpc) is 2.36. The van der Waals surface area contributed by atoms with Crippen LogP contribution in [0.25, 0.3) is 0 Å². The summed E-state index contributed by atoms with van der Waals surface area (Å²) in [6.07, 6.45) is -9.20. The fraction of sp³-hybridized carbons (Fsp3) is 0.417. The molecule has 0 aliphatic carbocycles. The lowest BCUT2D eigenvalue weighted by Crippen LogP contribution is -2.17. The first-order valence-corrected chi connectivity index (χ1v) is 5.65. The van der Waals surface area contributed by atoms with Crippen LogP contribution in [0, 0.1) is 11.3 Å². The number of aromatic nitrogens is 1. The summed E-state index contributed by atoms with van der Waals surface area (Å²) in [5.74, 6) is -0.839.